The van der Waals surface area contributed by atoms with Gasteiger partial charge in [0.2, 0.25) is 0 Å². The average Bonchev–Trinajstić information content (AvgIpc) is 2.90. The molecule has 4 rings (SSSR count). The van der Waals surface area contributed by atoms with Gasteiger partial charge in [-0.1, -0.05) is 24.3 Å². The highest BCUT2D eigenvalue weighted by Crippen LogP contribution is 2.41. The van der Waals surface area contributed by atoms with Crippen LogP contribution in [0.1, 0.15) is 11.6 Å². The minimum absolute atomic E-state index is 0.0548. The number of nitrogens with zero attached hydrogens (tertiary/aromatic N) is 4. The quantitative estimate of drug-likeness (QED) is 0.878. The number of nitrogens with one attached hydrogen (secondary N) is 1. The van der Waals surface area contributed by atoms with E-state index in [9.17, 15) is 4.79 Å². The molecule has 3 heterocycles. The molecule has 1 aromatic heterocycles. The molecule has 2 aliphatic heterocycles. The number of amides is 2. The number of carbonyl (C=O) groups excluding carboxylic acids is 1. The summed E-state index contributed by atoms with van der Waals surface area (Å²) in [6, 6.07) is 11.1. The van der Waals surface area contributed by atoms with E-state index in [-0.39, 0.29) is 12.1 Å². The van der Waals surface area contributed by atoms with Crippen LogP contribution in [-0.4, -0.2) is 22.3 Å². The number of hydrazine groups is 1. The van der Waals surface area contributed by atoms with Crippen LogP contribution in [0.3, 0.4) is 0 Å². The van der Waals surface area contributed by atoms with Crippen LogP contribution in [0.15, 0.2) is 66.0 Å². The van der Waals surface area contributed by atoms with Gasteiger partial charge in [0.1, 0.15) is 6.04 Å². The molecule has 0 radical (unpaired) electrons. The van der Waals surface area contributed by atoms with Crippen molar-refractivity contribution in [2.45, 2.75) is 6.04 Å². The van der Waals surface area contributed by atoms with Crippen molar-refractivity contribution < 1.29 is 4.79 Å². The lowest BCUT2D eigenvalue weighted by Gasteiger charge is -2.29. The molecule has 1 N–H and O–H groups in total. The van der Waals surface area contributed by atoms with Gasteiger partial charge in [-0.2, -0.15) is 15.2 Å². The summed E-state index contributed by atoms with van der Waals surface area (Å²) in [5, 5.41) is 10.4. The fourth-order valence-corrected chi connectivity index (χ4v) is 2.67. The zero-order chi connectivity index (χ0) is 14.9. The first kappa shape index (κ1) is 12.6. The van der Waals surface area contributed by atoms with Crippen LogP contribution < -0.4 is 10.3 Å². The Morgan fingerprint density at radius 1 is 1.18 bits per heavy atom. The fourth-order valence-electron chi connectivity index (χ4n) is 2.67. The summed E-state index contributed by atoms with van der Waals surface area (Å²) < 4.78 is 0. The van der Waals surface area contributed by atoms with E-state index in [4.69, 9.17) is 0 Å². The normalized spacial score (nSPS) is 18.1. The standard InChI is InChI=1S/C16H13N5O/c22-16(19-12-5-3-9-17-11-12)20-14-7-2-1-6-13(14)15-8-4-10-18-21(15)20/h1-11,15H,(H,19,22). The van der Waals surface area contributed by atoms with Crippen LogP contribution in [0.4, 0.5) is 16.2 Å². The molecule has 6 heteroatoms. The number of anilines is 2. The maximum atomic E-state index is 12.7. The summed E-state index contributed by atoms with van der Waals surface area (Å²) in [5.41, 5.74) is 2.53. The van der Waals surface area contributed by atoms with Gasteiger partial charge < -0.3 is 5.32 Å². The zero-order valence-corrected chi connectivity index (χ0v) is 11.6. The molecule has 0 aliphatic carbocycles. The van der Waals surface area contributed by atoms with E-state index in [1.165, 1.54) is 0 Å². The Kier molecular flexibility index (Phi) is 2.86. The van der Waals surface area contributed by atoms with Crippen molar-refractivity contribution in [1.82, 2.24) is 10.1 Å². The Morgan fingerprint density at radius 3 is 2.95 bits per heavy atom. The van der Waals surface area contributed by atoms with E-state index in [0.29, 0.717) is 5.69 Å². The third-order valence-corrected chi connectivity index (χ3v) is 3.61. The molecule has 0 spiro atoms. The molecule has 1 aromatic carbocycles. The minimum atomic E-state index is -0.268. The van der Waals surface area contributed by atoms with Crippen molar-refractivity contribution in [3.8, 4) is 0 Å². The number of pyridine rings is 1. The van der Waals surface area contributed by atoms with Crippen LogP contribution in [-0.2, 0) is 0 Å². The Hall–Kier alpha value is -3.15. The van der Waals surface area contributed by atoms with Crippen molar-refractivity contribution in [3.05, 3.63) is 66.5 Å². The highest BCUT2D eigenvalue weighted by atomic mass is 16.2. The number of hydrogen-bond acceptors (Lipinski definition) is 4. The van der Waals surface area contributed by atoms with E-state index in [0.717, 1.165) is 11.3 Å². The SMILES string of the molecule is O=C(Nc1cccnc1)N1c2ccccc2C2C=CC=NN21. The number of hydrogen-bond donors (Lipinski definition) is 1. The van der Waals surface area contributed by atoms with E-state index in [2.05, 4.69) is 15.4 Å². The van der Waals surface area contributed by atoms with Crippen LogP contribution in [0.2, 0.25) is 0 Å². The summed E-state index contributed by atoms with van der Waals surface area (Å²) in [4.78, 5) is 16.7. The second-order valence-corrected chi connectivity index (χ2v) is 4.96. The van der Waals surface area contributed by atoms with E-state index >= 15 is 0 Å². The number of carbonyl (C=O) groups is 1. The number of rotatable bonds is 1. The third kappa shape index (κ3) is 1.93. The van der Waals surface area contributed by atoms with E-state index in [1.807, 2.05) is 36.4 Å². The zero-order valence-electron chi connectivity index (χ0n) is 11.6. The summed E-state index contributed by atoms with van der Waals surface area (Å²) in [7, 11) is 0. The van der Waals surface area contributed by atoms with Gasteiger partial charge >= 0.3 is 6.03 Å². The van der Waals surface area contributed by atoms with Gasteiger partial charge in [-0.05, 0) is 24.3 Å². The van der Waals surface area contributed by atoms with E-state index < -0.39 is 0 Å². The van der Waals surface area contributed by atoms with Gasteiger partial charge in [0, 0.05) is 18.0 Å². The summed E-state index contributed by atoms with van der Waals surface area (Å²) in [6.45, 7) is 0. The number of fused-ring (bicyclic) bond motifs is 3. The highest BCUT2D eigenvalue weighted by Gasteiger charge is 2.38. The fraction of sp³-hybridized carbons (Fsp3) is 0.0625. The largest absolute Gasteiger partial charge is 0.346 e. The maximum Gasteiger partial charge on any atom is 0.346 e. The first-order valence-electron chi connectivity index (χ1n) is 6.94. The Morgan fingerprint density at radius 2 is 2.09 bits per heavy atom. The molecule has 1 unspecified atom stereocenters. The number of hydrazone groups is 1. The smallest absolute Gasteiger partial charge is 0.305 e. The number of aromatic nitrogens is 1. The summed E-state index contributed by atoms with van der Waals surface area (Å²) >= 11 is 0. The molecule has 2 aromatic rings. The summed E-state index contributed by atoms with van der Waals surface area (Å²) in [6.07, 6.45) is 8.85. The number of para-hydroxylation sites is 1. The van der Waals surface area contributed by atoms with Crippen LogP contribution in [0, 0.1) is 0 Å². The third-order valence-electron chi connectivity index (χ3n) is 3.61. The van der Waals surface area contributed by atoms with Crippen molar-refractivity contribution in [2.24, 2.45) is 5.10 Å². The second-order valence-electron chi connectivity index (χ2n) is 4.96. The first-order valence-corrected chi connectivity index (χ1v) is 6.94. The van der Waals surface area contributed by atoms with Gasteiger partial charge in [0.05, 0.1) is 17.6 Å². The van der Waals surface area contributed by atoms with E-state index in [1.54, 1.807) is 40.9 Å². The van der Waals surface area contributed by atoms with Crippen LogP contribution >= 0.6 is 0 Å². The number of urea groups is 1. The molecule has 0 saturated carbocycles. The van der Waals surface area contributed by atoms with Gasteiger partial charge in [-0.25, -0.2) is 4.79 Å². The molecule has 0 fully saturated rings. The van der Waals surface area contributed by atoms with Crippen molar-refractivity contribution in [1.29, 1.82) is 0 Å². The molecule has 2 amide bonds. The first-order chi connectivity index (χ1) is 10.8. The highest BCUT2D eigenvalue weighted by molar-refractivity contribution is 6.02. The van der Waals surface area contributed by atoms with Gasteiger partial charge in [-0.3, -0.25) is 4.98 Å². The molecule has 2 aliphatic rings. The van der Waals surface area contributed by atoms with Crippen LogP contribution in [0.25, 0.3) is 0 Å². The predicted molar refractivity (Wildman–Crippen MR) is 84.4 cm³/mol. The lowest BCUT2D eigenvalue weighted by atomic mass is 10.1. The lowest BCUT2D eigenvalue weighted by Crippen LogP contribution is -2.43. The molecule has 0 bridgehead atoms. The number of allylic oxidation sites excluding steroid dienone is 1. The van der Waals surface area contributed by atoms with Crippen LogP contribution in [0.5, 0.6) is 0 Å². The molecule has 0 saturated heterocycles. The number of benzene rings is 1. The molecule has 22 heavy (non-hydrogen) atoms. The maximum absolute atomic E-state index is 12.7. The summed E-state index contributed by atoms with van der Waals surface area (Å²) in [5.74, 6) is 0. The molecular formula is C16H13N5O. The Bertz CT molecular complexity index is 771. The van der Waals surface area contributed by atoms with Gasteiger partial charge in [-0.15, -0.1) is 0 Å². The average molecular weight is 291 g/mol. The Balaban J connectivity index is 1.70. The van der Waals surface area contributed by atoms with Gasteiger partial charge in [0.25, 0.3) is 0 Å². The van der Waals surface area contributed by atoms with Crippen molar-refractivity contribution in [3.63, 3.8) is 0 Å². The molecule has 1 atom stereocenters. The molecule has 6 nitrogen and oxygen atoms in total. The predicted octanol–water partition coefficient (Wildman–Crippen LogP) is 2.95. The Labute approximate surface area is 127 Å². The van der Waals surface area contributed by atoms with Crippen molar-refractivity contribution >= 4 is 23.6 Å². The lowest BCUT2D eigenvalue weighted by molar-refractivity contribution is 0.216. The molecule has 108 valence electrons. The molecular weight excluding hydrogens is 278 g/mol. The van der Waals surface area contributed by atoms with Crippen molar-refractivity contribution in [2.75, 3.05) is 10.3 Å². The topological polar surface area (TPSA) is 60.8 Å². The monoisotopic (exact) mass is 291 g/mol. The minimum Gasteiger partial charge on any atom is -0.305 e. The second kappa shape index (κ2) is 5.00. The van der Waals surface area contributed by atoms with Gasteiger partial charge in [0.15, 0.2) is 0 Å².